The zero-order chi connectivity index (χ0) is 8.81. The summed E-state index contributed by atoms with van der Waals surface area (Å²) in [5, 5.41) is 0. The molecule has 72 valence electrons. The van der Waals surface area contributed by atoms with Crippen LogP contribution in [-0.2, 0) is 16.0 Å². The molecular formula is C9H12ClNO2. The Hall–Kier alpha value is -1.09. The fourth-order valence-corrected chi connectivity index (χ4v) is 0.881. The zero-order valence-electron chi connectivity index (χ0n) is 7.40. The van der Waals surface area contributed by atoms with E-state index in [1.807, 2.05) is 6.07 Å². The molecule has 0 saturated heterocycles. The number of carbonyl (C=O) groups excluding carboxylic acids is 1. The highest BCUT2D eigenvalue weighted by atomic mass is 35.5. The van der Waals surface area contributed by atoms with Crippen LogP contribution in [0.3, 0.4) is 0 Å². The van der Waals surface area contributed by atoms with Crippen molar-refractivity contribution < 1.29 is 9.53 Å². The first-order chi connectivity index (χ1) is 5.83. The van der Waals surface area contributed by atoms with Crippen LogP contribution < -0.4 is 0 Å². The van der Waals surface area contributed by atoms with Crippen LogP contribution in [0.2, 0.25) is 0 Å². The summed E-state index contributed by atoms with van der Waals surface area (Å²) in [7, 11) is 0. The Morgan fingerprint density at radius 3 is 2.92 bits per heavy atom. The second-order valence-corrected chi connectivity index (χ2v) is 2.34. The van der Waals surface area contributed by atoms with Gasteiger partial charge in [-0.2, -0.15) is 0 Å². The largest absolute Gasteiger partial charge is 0.466 e. The van der Waals surface area contributed by atoms with E-state index in [0.29, 0.717) is 13.0 Å². The highest BCUT2D eigenvalue weighted by molar-refractivity contribution is 5.85. The van der Waals surface area contributed by atoms with Crippen molar-refractivity contribution >= 4 is 18.4 Å². The van der Waals surface area contributed by atoms with Gasteiger partial charge in [-0.15, -0.1) is 12.4 Å². The van der Waals surface area contributed by atoms with E-state index in [1.54, 1.807) is 25.4 Å². The normalized spacial score (nSPS) is 8.69. The number of nitrogens with zero attached hydrogens (tertiary/aromatic N) is 1. The molecule has 1 heterocycles. The Morgan fingerprint density at radius 2 is 2.38 bits per heavy atom. The van der Waals surface area contributed by atoms with Gasteiger partial charge in [-0.1, -0.05) is 6.07 Å². The van der Waals surface area contributed by atoms with Gasteiger partial charge in [0.15, 0.2) is 0 Å². The molecule has 3 nitrogen and oxygen atoms in total. The molecule has 0 aliphatic carbocycles. The number of esters is 1. The minimum atomic E-state index is -0.203. The lowest BCUT2D eigenvalue weighted by Gasteiger charge is -2.00. The van der Waals surface area contributed by atoms with Gasteiger partial charge in [-0.3, -0.25) is 9.78 Å². The molecule has 0 radical (unpaired) electrons. The first kappa shape index (κ1) is 11.9. The Labute approximate surface area is 83.5 Å². The number of halogens is 1. The zero-order valence-corrected chi connectivity index (χ0v) is 8.21. The minimum absolute atomic E-state index is 0. The van der Waals surface area contributed by atoms with Crippen LogP contribution in [0, 0.1) is 0 Å². The summed E-state index contributed by atoms with van der Waals surface area (Å²) in [6.45, 7) is 2.22. The summed E-state index contributed by atoms with van der Waals surface area (Å²) in [5.74, 6) is -0.203. The topological polar surface area (TPSA) is 39.2 Å². The number of pyridine rings is 1. The fourth-order valence-electron chi connectivity index (χ4n) is 0.881. The van der Waals surface area contributed by atoms with E-state index in [1.165, 1.54) is 0 Å². The number of carbonyl (C=O) groups is 1. The first-order valence-corrected chi connectivity index (χ1v) is 3.87. The van der Waals surface area contributed by atoms with Gasteiger partial charge in [0.2, 0.25) is 0 Å². The lowest BCUT2D eigenvalue weighted by atomic mass is 10.2. The number of ether oxygens (including phenoxy) is 1. The average Bonchev–Trinajstić information content (AvgIpc) is 2.06. The molecule has 0 aliphatic heterocycles. The summed E-state index contributed by atoms with van der Waals surface area (Å²) < 4.78 is 4.78. The van der Waals surface area contributed by atoms with Crippen molar-refractivity contribution in [3.8, 4) is 0 Å². The lowest BCUT2D eigenvalue weighted by Crippen LogP contribution is -2.07. The molecule has 0 fully saturated rings. The predicted octanol–water partition coefficient (Wildman–Crippen LogP) is 1.61. The van der Waals surface area contributed by atoms with Crippen LogP contribution in [0.15, 0.2) is 24.5 Å². The summed E-state index contributed by atoms with van der Waals surface area (Å²) >= 11 is 0. The summed E-state index contributed by atoms with van der Waals surface area (Å²) in [6, 6.07) is 3.65. The Balaban J connectivity index is 0.00000144. The van der Waals surface area contributed by atoms with Crippen LogP contribution in [0.25, 0.3) is 0 Å². The first-order valence-electron chi connectivity index (χ1n) is 3.87. The van der Waals surface area contributed by atoms with E-state index in [-0.39, 0.29) is 18.4 Å². The molecule has 0 aliphatic rings. The molecule has 1 aromatic heterocycles. The van der Waals surface area contributed by atoms with Crippen molar-refractivity contribution in [3.05, 3.63) is 30.1 Å². The average molecular weight is 202 g/mol. The smallest absolute Gasteiger partial charge is 0.310 e. The maximum atomic E-state index is 11.0. The van der Waals surface area contributed by atoms with E-state index in [2.05, 4.69) is 4.98 Å². The molecule has 0 unspecified atom stereocenters. The molecule has 0 N–H and O–H groups in total. The molecule has 1 rings (SSSR count). The van der Waals surface area contributed by atoms with Crippen molar-refractivity contribution in [1.82, 2.24) is 4.98 Å². The maximum absolute atomic E-state index is 11.0. The van der Waals surface area contributed by atoms with Crippen LogP contribution >= 0.6 is 12.4 Å². The standard InChI is InChI=1S/C9H11NO2.ClH/c1-2-12-9(11)6-8-4-3-5-10-7-8;/h3-5,7H,2,6H2,1H3;1H. The predicted molar refractivity (Wildman–Crippen MR) is 51.8 cm³/mol. The van der Waals surface area contributed by atoms with Gasteiger partial charge >= 0.3 is 5.97 Å². The number of rotatable bonds is 3. The van der Waals surface area contributed by atoms with Crippen LogP contribution in [-0.4, -0.2) is 17.6 Å². The molecule has 0 amide bonds. The van der Waals surface area contributed by atoms with Gasteiger partial charge in [0.25, 0.3) is 0 Å². The Bertz CT molecular complexity index is 251. The highest BCUT2D eigenvalue weighted by Crippen LogP contribution is 1.97. The summed E-state index contributed by atoms with van der Waals surface area (Å²) in [5.41, 5.74) is 0.885. The van der Waals surface area contributed by atoms with Crippen molar-refractivity contribution in [1.29, 1.82) is 0 Å². The number of hydrogen-bond acceptors (Lipinski definition) is 3. The lowest BCUT2D eigenvalue weighted by molar-refractivity contribution is -0.142. The van der Waals surface area contributed by atoms with Gasteiger partial charge in [0.05, 0.1) is 13.0 Å². The van der Waals surface area contributed by atoms with E-state index in [9.17, 15) is 4.79 Å². The van der Waals surface area contributed by atoms with Gasteiger partial charge in [0.1, 0.15) is 0 Å². The van der Waals surface area contributed by atoms with Gasteiger partial charge in [0, 0.05) is 12.4 Å². The molecule has 13 heavy (non-hydrogen) atoms. The van der Waals surface area contributed by atoms with Gasteiger partial charge < -0.3 is 4.74 Å². The van der Waals surface area contributed by atoms with Crippen molar-refractivity contribution in [2.75, 3.05) is 6.61 Å². The molecule has 4 heteroatoms. The summed E-state index contributed by atoms with van der Waals surface area (Å²) in [4.78, 5) is 14.9. The van der Waals surface area contributed by atoms with Crippen LogP contribution in [0.4, 0.5) is 0 Å². The highest BCUT2D eigenvalue weighted by Gasteiger charge is 2.02. The van der Waals surface area contributed by atoms with E-state index < -0.39 is 0 Å². The molecule has 0 spiro atoms. The van der Waals surface area contributed by atoms with Gasteiger partial charge in [-0.05, 0) is 18.6 Å². The molecule has 0 aromatic carbocycles. The second-order valence-electron chi connectivity index (χ2n) is 2.34. The molecule has 0 saturated carbocycles. The summed E-state index contributed by atoms with van der Waals surface area (Å²) in [6.07, 6.45) is 3.65. The number of aromatic nitrogens is 1. The second kappa shape index (κ2) is 6.43. The van der Waals surface area contributed by atoms with Crippen molar-refractivity contribution in [2.24, 2.45) is 0 Å². The monoisotopic (exact) mass is 201 g/mol. The molecule has 0 atom stereocenters. The van der Waals surface area contributed by atoms with E-state index >= 15 is 0 Å². The Morgan fingerprint density at radius 1 is 1.62 bits per heavy atom. The van der Waals surface area contributed by atoms with E-state index in [4.69, 9.17) is 4.74 Å². The van der Waals surface area contributed by atoms with E-state index in [0.717, 1.165) is 5.56 Å². The number of hydrogen-bond donors (Lipinski definition) is 0. The molecule has 0 bridgehead atoms. The van der Waals surface area contributed by atoms with Crippen LogP contribution in [0.5, 0.6) is 0 Å². The third-order valence-corrected chi connectivity index (χ3v) is 1.38. The SMILES string of the molecule is CCOC(=O)Cc1cccnc1.Cl. The fraction of sp³-hybridized carbons (Fsp3) is 0.333. The van der Waals surface area contributed by atoms with Crippen molar-refractivity contribution in [2.45, 2.75) is 13.3 Å². The minimum Gasteiger partial charge on any atom is -0.466 e. The van der Waals surface area contributed by atoms with Gasteiger partial charge in [-0.25, -0.2) is 0 Å². The van der Waals surface area contributed by atoms with Crippen molar-refractivity contribution in [3.63, 3.8) is 0 Å². The maximum Gasteiger partial charge on any atom is 0.310 e. The quantitative estimate of drug-likeness (QED) is 0.698. The Kier molecular flexibility index (Phi) is 5.89. The third-order valence-electron chi connectivity index (χ3n) is 1.38. The third kappa shape index (κ3) is 4.48. The van der Waals surface area contributed by atoms with Crippen LogP contribution in [0.1, 0.15) is 12.5 Å². The molecule has 1 aromatic rings. The molecular weight excluding hydrogens is 190 g/mol.